The number of aromatic carboxylic acids is 1. The quantitative estimate of drug-likeness (QED) is 0.394. The Morgan fingerprint density at radius 3 is 2.50 bits per heavy atom. The SMILES string of the molecule is COc1cc(CNc2ccc(C(=O)O)c(Cl)c2)cc(Br)c1OCc1ccc(F)cc1. The summed E-state index contributed by atoms with van der Waals surface area (Å²) in [5, 5.41) is 12.4. The Morgan fingerprint density at radius 2 is 1.87 bits per heavy atom. The van der Waals surface area contributed by atoms with E-state index in [-0.39, 0.29) is 23.0 Å². The highest BCUT2D eigenvalue weighted by Crippen LogP contribution is 2.37. The number of benzene rings is 3. The van der Waals surface area contributed by atoms with Crippen LogP contribution in [0.15, 0.2) is 59.1 Å². The minimum absolute atomic E-state index is 0.0503. The van der Waals surface area contributed by atoms with Gasteiger partial charge in [0.25, 0.3) is 0 Å². The minimum atomic E-state index is -1.07. The van der Waals surface area contributed by atoms with Crippen molar-refractivity contribution in [3.63, 3.8) is 0 Å². The number of carboxylic acid groups (broad SMARTS) is 1. The summed E-state index contributed by atoms with van der Waals surface area (Å²) in [5.74, 6) is -0.285. The van der Waals surface area contributed by atoms with Crippen LogP contribution in [0.2, 0.25) is 5.02 Å². The van der Waals surface area contributed by atoms with Gasteiger partial charge in [-0.3, -0.25) is 0 Å². The summed E-state index contributed by atoms with van der Waals surface area (Å²) in [4.78, 5) is 11.1. The van der Waals surface area contributed by atoms with Crippen LogP contribution in [-0.4, -0.2) is 18.2 Å². The third-order valence-corrected chi connectivity index (χ3v) is 5.18. The topological polar surface area (TPSA) is 67.8 Å². The molecule has 3 rings (SSSR count). The van der Waals surface area contributed by atoms with Crippen LogP contribution in [0.25, 0.3) is 0 Å². The molecule has 30 heavy (non-hydrogen) atoms. The Morgan fingerprint density at radius 1 is 1.13 bits per heavy atom. The zero-order chi connectivity index (χ0) is 21.7. The predicted octanol–water partition coefficient (Wildman–Crippen LogP) is 6.14. The second-order valence-corrected chi connectivity index (χ2v) is 7.64. The number of hydrogen-bond acceptors (Lipinski definition) is 4. The van der Waals surface area contributed by atoms with E-state index < -0.39 is 5.97 Å². The van der Waals surface area contributed by atoms with Crippen LogP contribution in [0.3, 0.4) is 0 Å². The second-order valence-electron chi connectivity index (χ2n) is 6.38. The van der Waals surface area contributed by atoms with Gasteiger partial charge < -0.3 is 19.9 Å². The average molecular weight is 495 g/mol. The van der Waals surface area contributed by atoms with Crippen molar-refractivity contribution in [2.24, 2.45) is 0 Å². The van der Waals surface area contributed by atoms with Gasteiger partial charge in [-0.1, -0.05) is 23.7 Å². The number of methoxy groups -OCH3 is 1. The van der Waals surface area contributed by atoms with Crippen molar-refractivity contribution in [2.45, 2.75) is 13.2 Å². The molecule has 8 heteroatoms. The summed E-state index contributed by atoms with van der Waals surface area (Å²) in [6, 6.07) is 14.5. The molecule has 0 fully saturated rings. The summed E-state index contributed by atoms with van der Waals surface area (Å²) < 4.78 is 25.1. The predicted molar refractivity (Wildman–Crippen MR) is 117 cm³/mol. The fourth-order valence-electron chi connectivity index (χ4n) is 2.75. The van der Waals surface area contributed by atoms with E-state index in [1.165, 1.54) is 18.2 Å². The van der Waals surface area contributed by atoms with E-state index >= 15 is 0 Å². The largest absolute Gasteiger partial charge is 0.493 e. The van der Waals surface area contributed by atoms with Crippen molar-refractivity contribution >= 4 is 39.2 Å². The fourth-order valence-corrected chi connectivity index (χ4v) is 3.62. The average Bonchev–Trinajstić information content (AvgIpc) is 2.72. The van der Waals surface area contributed by atoms with Gasteiger partial charge in [-0.25, -0.2) is 9.18 Å². The number of nitrogens with one attached hydrogen (secondary N) is 1. The van der Waals surface area contributed by atoms with Crippen LogP contribution in [0.4, 0.5) is 10.1 Å². The lowest BCUT2D eigenvalue weighted by Crippen LogP contribution is -2.04. The number of rotatable bonds is 8. The maximum Gasteiger partial charge on any atom is 0.337 e. The molecular weight excluding hydrogens is 477 g/mol. The number of carbonyl (C=O) groups is 1. The van der Waals surface area contributed by atoms with Crippen LogP contribution in [0, 0.1) is 5.82 Å². The number of hydrogen-bond donors (Lipinski definition) is 2. The van der Waals surface area contributed by atoms with Crippen molar-refractivity contribution in [1.29, 1.82) is 0 Å². The molecule has 3 aromatic rings. The molecule has 3 aromatic carbocycles. The van der Waals surface area contributed by atoms with Crippen LogP contribution < -0.4 is 14.8 Å². The highest BCUT2D eigenvalue weighted by Gasteiger charge is 2.13. The molecule has 2 N–H and O–H groups in total. The zero-order valence-corrected chi connectivity index (χ0v) is 18.3. The van der Waals surface area contributed by atoms with Crippen molar-refractivity contribution in [3.8, 4) is 11.5 Å². The van der Waals surface area contributed by atoms with Gasteiger partial charge in [0.1, 0.15) is 12.4 Å². The molecule has 0 saturated carbocycles. The van der Waals surface area contributed by atoms with Crippen molar-refractivity contribution < 1.29 is 23.8 Å². The molecule has 156 valence electrons. The van der Waals surface area contributed by atoms with Gasteiger partial charge in [0.05, 0.1) is 22.2 Å². The van der Waals surface area contributed by atoms with Gasteiger partial charge in [0.2, 0.25) is 0 Å². The van der Waals surface area contributed by atoms with Crippen molar-refractivity contribution in [3.05, 3.63) is 86.6 Å². The molecule has 0 bridgehead atoms. The Hall–Kier alpha value is -2.77. The molecule has 0 heterocycles. The van der Waals surface area contributed by atoms with Gasteiger partial charge in [-0.15, -0.1) is 0 Å². The number of ether oxygens (including phenoxy) is 2. The maximum atomic E-state index is 13.0. The first kappa shape index (κ1) is 21.9. The van der Waals surface area contributed by atoms with E-state index in [9.17, 15) is 9.18 Å². The summed E-state index contributed by atoms with van der Waals surface area (Å²) in [6.07, 6.45) is 0. The molecule has 0 saturated heterocycles. The molecule has 0 aliphatic heterocycles. The second kappa shape index (κ2) is 9.82. The Bertz CT molecular complexity index is 1060. The molecule has 0 aliphatic carbocycles. The van der Waals surface area contributed by atoms with Crippen molar-refractivity contribution in [1.82, 2.24) is 0 Å². The first-order valence-electron chi connectivity index (χ1n) is 8.87. The van der Waals surface area contributed by atoms with Crippen LogP contribution in [0.5, 0.6) is 11.5 Å². The Balaban J connectivity index is 1.71. The molecule has 0 aliphatic rings. The zero-order valence-electron chi connectivity index (χ0n) is 15.9. The standard InChI is InChI=1S/C22H18BrClFNO4/c1-29-20-9-14(11-26-16-6-7-17(22(27)28)19(24)10-16)8-18(23)21(20)30-12-13-2-4-15(25)5-3-13/h2-10,26H,11-12H2,1H3,(H,27,28). The lowest BCUT2D eigenvalue weighted by atomic mass is 10.1. The van der Waals surface area contributed by atoms with Gasteiger partial charge in [-0.2, -0.15) is 0 Å². The molecule has 0 aromatic heterocycles. The summed E-state index contributed by atoms with van der Waals surface area (Å²) >= 11 is 9.52. The molecule has 0 spiro atoms. The van der Waals surface area contributed by atoms with Gasteiger partial charge in [-0.05, 0) is 69.5 Å². The smallest absolute Gasteiger partial charge is 0.337 e. The van der Waals surface area contributed by atoms with Crippen LogP contribution in [-0.2, 0) is 13.2 Å². The van der Waals surface area contributed by atoms with E-state index in [2.05, 4.69) is 21.2 Å². The third kappa shape index (κ3) is 5.43. The number of carboxylic acids is 1. The Kier molecular flexibility index (Phi) is 7.18. The van der Waals surface area contributed by atoms with Crippen LogP contribution in [0.1, 0.15) is 21.5 Å². The van der Waals surface area contributed by atoms with E-state index in [0.717, 1.165) is 11.1 Å². The number of anilines is 1. The van der Waals surface area contributed by atoms with Crippen LogP contribution >= 0.6 is 27.5 Å². The monoisotopic (exact) mass is 493 g/mol. The molecule has 0 atom stereocenters. The van der Waals surface area contributed by atoms with Gasteiger partial charge in [0.15, 0.2) is 11.5 Å². The summed E-state index contributed by atoms with van der Waals surface area (Å²) in [7, 11) is 1.55. The highest BCUT2D eigenvalue weighted by molar-refractivity contribution is 9.10. The molecule has 0 radical (unpaired) electrons. The minimum Gasteiger partial charge on any atom is -0.493 e. The summed E-state index contributed by atoms with van der Waals surface area (Å²) in [5.41, 5.74) is 2.48. The van der Waals surface area contributed by atoms with E-state index in [0.29, 0.717) is 28.2 Å². The van der Waals surface area contributed by atoms with E-state index in [1.54, 1.807) is 31.4 Å². The summed E-state index contributed by atoms with van der Waals surface area (Å²) in [6.45, 7) is 0.719. The third-order valence-electron chi connectivity index (χ3n) is 4.28. The molecule has 5 nitrogen and oxygen atoms in total. The normalized spacial score (nSPS) is 10.5. The van der Waals surface area contributed by atoms with E-state index in [4.69, 9.17) is 26.2 Å². The molecule has 0 unspecified atom stereocenters. The maximum absolute atomic E-state index is 13.0. The molecular formula is C22H18BrClFNO4. The van der Waals surface area contributed by atoms with Crippen molar-refractivity contribution in [2.75, 3.05) is 12.4 Å². The van der Waals surface area contributed by atoms with Gasteiger partial charge >= 0.3 is 5.97 Å². The lowest BCUT2D eigenvalue weighted by Gasteiger charge is -2.15. The van der Waals surface area contributed by atoms with Gasteiger partial charge in [0, 0.05) is 12.2 Å². The van der Waals surface area contributed by atoms with E-state index in [1.807, 2.05) is 12.1 Å². The highest BCUT2D eigenvalue weighted by atomic mass is 79.9. The fraction of sp³-hybridized carbons (Fsp3) is 0.136. The molecule has 0 amide bonds. The first-order valence-corrected chi connectivity index (χ1v) is 10.0. The lowest BCUT2D eigenvalue weighted by molar-refractivity contribution is 0.0697. The first-order chi connectivity index (χ1) is 14.4. The number of halogens is 3. The Labute approximate surface area is 186 Å².